The lowest BCUT2D eigenvalue weighted by Gasteiger charge is -2.09. The van der Waals surface area contributed by atoms with Gasteiger partial charge in [-0.25, -0.2) is 0 Å². The van der Waals surface area contributed by atoms with E-state index in [2.05, 4.69) is 11.6 Å². The van der Waals surface area contributed by atoms with Crippen molar-refractivity contribution in [2.24, 2.45) is 5.73 Å². The Morgan fingerprint density at radius 3 is 3.08 bits per heavy atom. The van der Waals surface area contributed by atoms with E-state index in [0.717, 1.165) is 17.7 Å². The fourth-order valence-corrected chi connectivity index (χ4v) is 1.07. The zero-order valence-electron chi connectivity index (χ0n) is 7.73. The van der Waals surface area contributed by atoms with Crippen molar-refractivity contribution in [2.45, 2.75) is 12.5 Å². The zero-order chi connectivity index (χ0) is 9.68. The van der Waals surface area contributed by atoms with Crippen molar-refractivity contribution in [1.29, 1.82) is 0 Å². The van der Waals surface area contributed by atoms with Crippen LogP contribution in [0.4, 0.5) is 0 Å². The Morgan fingerprint density at radius 1 is 1.69 bits per heavy atom. The molecule has 0 fully saturated rings. The van der Waals surface area contributed by atoms with E-state index in [4.69, 9.17) is 10.5 Å². The summed E-state index contributed by atoms with van der Waals surface area (Å²) in [6.07, 6.45) is 5.94. The highest BCUT2D eigenvalue weighted by molar-refractivity contribution is 5.25. The average Bonchev–Trinajstić information content (AvgIpc) is 2.18. The number of hydrogen-bond acceptors (Lipinski definition) is 3. The monoisotopic (exact) mass is 178 g/mol. The molecule has 0 aromatic carbocycles. The molecule has 0 aliphatic carbocycles. The normalized spacial score (nSPS) is 12.2. The van der Waals surface area contributed by atoms with Gasteiger partial charge in [0, 0.05) is 12.2 Å². The summed E-state index contributed by atoms with van der Waals surface area (Å²) in [6, 6.07) is 1.85. The summed E-state index contributed by atoms with van der Waals surface area (Å²) in [4.78, 5) is 4.02. The molecule has 70 valence electrons. The van der Waals surface area contributed by atoms with Crippen LogP contribution in [0.3, 0.4) is 0 Å². The van der Waals surface area contributed by atoms with Crippen molar-refractivity contribution in [3.05, 3.63) is 36.7 Å². The van der Waals surface area contributed by atoms with Crippen LogP contribution in [-0.4, -0.2) is 12.1 Å². The van der Waals surface area contributed by atoms with Gasteiger partial charge >= 0.3 is 0 Å². The molecule has 1 atom stereocenters. The Morgan fingerprint density at radius 2 is 2.46 bits per heavy atom. The molecule has 1 aromatic rings. The SMILES string of the molecule is C=CC[C@H](N)c1cncc(OC)c1. The zero-order valence-corrected chi connectivity index (χ0v) is 7.73. The number of nitrogens with two attached hydrogens (primary N) is 1. The van der Waals surface area contributed by atoms with Gasteiger partial charge in [0.1, 0.15) is 5.75 Å². The number of methoxy groups -OCH3 is 1. The fraction of sp³-hybridized carbons (Fsp3) is 0.300. The van der Waals surface area contributed by atoms with Gasteiger partial charge in [-0.2, -0.15) is 0 Å². The number of nitrogens with zero attached hydrogens (tertiary/aromatic N) is 1. The first-order valence-electron chi connectivity index (χ1n) is 4.13. The number of aromatic nitrogens is 1. The molecule has 0 unspecified atom stereocenters. The Hall–Kier alpha value is -1.35. The van der Waals surface area contributed by atoms with Crippen LogP contribution in [0.5, 0.6) is 5.75 Å². The van der Waals surface area contributed by atoms with Crippen LogP contribution in [0.25, 0.3) is 0 Å². The van der Waals surface area contributed by atoms with Crippen LogP contribution in [0.1, 0.15) is 18.0 Å². The molecule has 0 saturated carbocycles. The van der Waals surface area contributed by atoms with E-state index in [1.54, 1.807) is 25.6 Å². The third kappa shape index (κ3) is 2.56. The quantitative estimate of drug-likeness (QED) is 0.713. The highest BCUT2D eigenvalue weighted by Crippen LogP contribution is 2.17. The van der Waals surface area contributed by atoms with Gasteiger partial charge in [-0.1, -0.05) is 6.08 Å². The minimum absolute atomic E-state index is 0.0416. The first-order chi connectivity index (χ1) is 6.27. The molecule has 1 aromatic heterocycles. The summed E-state index contributed by atoms with van der Waals surface area (Å²) < 4.78 is 5.04. The van der Waals surface area contributed by atoms with Gasteiger partial charge in [-0.15, -0.1) is 6.58 Å². The molecule has 13 heavy (non-hydrogen) atoms. The van der Waals surface area contributed by atoms with Crippen LogP contribution < -0.4 is 10.5 Å². The van der Waals surface area contributed by atoms with E-state index in [9.17, 15) is 0 Å². The average molecular weight is 178 g/mol. The van der Waals surface area contributed by atoms with Gasteiger partial charge in [0.15, 0.2) is 0 Å². The molecule has 0 bridgehead atoms. The van der Waals surface area contributed by atoms with Crippen molar-refractivity contribution in [1.82, 2.24) is 4.98 Å². The highest BCUT2D eigenvalue weighted by Gasteiger charge is 2.04. The third-order valence-corrected chi connectivity index (χ3v) is 1.82. The molecular formula is C10H14N2O. The van der Waals surface area contributed by atoms with Gasteiger partial charge in [-0.05, 0) is 18.1 Å². The molecule has 1 heterocycles. The second-order valence-electron chi connectivity index (χ2n) is 2.79. The van der Waals surface area contributed by atoms with Crippen molar-refractivity contribution in [2.75, 3.05) is 7.11 Å². The third-order valence-electron chi connectivity index (χ3n) is 1.82. The Balaban J connectivity index is 2.81. The summed E-state index contributed by atoms with van der Waals surface area (Å²) in [7, 11) is 1.61. The highest BCUT2D eigenvalue weighted by atomic mass is 16.5. The Bertz CT molecular complexity index is 286. The molecule has 1 rings (SSSR count). The Labute approximate surface area is 78.2 Å². The van der Waals surface area contributed by atoms with E-state index in [1.807, 2.05) is 6.07 Å². The lowest BCUT2D eigenvalue weighted by molar-refractivity contribution is 0.411. The van der Waals surface area contributed by atoms with Gasteiger partial charge in [0.2, 0.25) is 0 Å². The summed E-state index contributed by atoms with van der Waals surface area (Å²) in [5.41, 5.74) is 6.83. The minimum Gasteiger partial charge on any atom is -0.495 e. The predicted octanol–water partition coefficient (Wildman–Crippen LogP) is 1.67. The molecule has 2 N–H and O–H groups in total. The smallest absolute Gasteiger partial charge is 0.137 e. The summed E-state index contributed by atoms with van der Waals surface area (Å²) in [6.45, 7) is 3.64. The number of rotatable bonds is 4. The van der Waals surface area contributed by atoms with Crippen LogP contribution in [0, 0.1) is 0 Å². The standard InChI is InChI=1S/C10H14N2O/c1-3-4-10(11)8-5-9(13-2)7-12-6-8/h3,5-7,10H,1,4,11H2,2H3/t10-/m0/s1. The van der Waals surface area contributed by atoms with Gasteiger partial charge < -0.3 is 10.5 Å². The number of pyridine rings is 1. The van der Waals surface area contributed by atoms with E-state index >= 15 is 0 Å². The van der Waals surface area contributed by atoms with Crippen molar-refractivity contribution < 1.29 is 4.74 Å². The molecule has 0 aliphatic heterocycles. The van der Waals surface area contributed by atoms with Crippen molar-refractivity contribution >= 4 is 0 Å². The maximum Gasteiger partial charge on any atom is 0.137 e. The first-order valence-corrected chi connectivity index (χ1v) is 4.13. The number of ether oxygens (including phenoxy) is 1. The largest absolute Gasteiger partial charge is 0.495 e. The van der Waals surface area contributed by atoms with E-state index < -0.39 is 0 Å². The molecule has 0 saturated heterocycles. The fourth-order valence-electron chi connectivity index (χ4n) is 1.07. The van der Waals surface area contributed by atoms with Gasteiger partial charge in [-0.3, -0.25) is 4.98 Å². The second kappa shape index (κ2) is 4.62. The van der Waals surface area contributed by atoms with E-state index in [-0.39, 0.29) is 6.04 Å². The molecule has 0 spiro atoms. The molecular weight excluding hydrogens is 164 g/mol. The number of hydrogen-bond donors (Lipinski definition) is 1. The maximum atomic E-state index is 5.86. The van der Waals surface area contributed by atoms with E-state index in [1.165, 1.54) is 0 Å². The molecule has 0 aliphatic rings. The summed E-state index contributed by atoms with van der Waals surface area (Å²) in [5.74, 6) is 0.733. The van der Waals surface area contributed by atoms with Crippen LogP contribution in [0.2, 0.25) is 0 Å². The van der Waals surface area contributed by atoms with Crippen LogP contribution in [-0.2, 0) is 0 Å². The molecule has 0 amide bonds. The van der Waals surface area contributed by atoms with Crippen LogP contribution >= 0.6 is 0 Å². The predicted molar refractivity (Wildman–Crippen MR) is 52.5 cm³/mol. The van der Waals surface area contributed by atoms with Gasteiger partial charge in [0.05, 0.1) is 13.3 Å². The first kappa shape index (κ1) is 9.74. The molecule has 3 heteroatoms. The van der Waals surface area contributed by atoms with Crippen molar-refractivity contribution in [3.8, 4) is 5.75 Å². The lowest BCUT2D eigenvalue weighted by atomic mass is 10.1. The Kier molecular flexibility index (Phi) is 3.46. The second-order valence-corrected chi connectivity index (χ2v) is 2.79. The molecule has 3 nitrogen and oxygen atoms in total. The minimum atomic E-state index is -0.0416. The lowest BCUT2D eigenvalue weighted by Crippen LogP contribution is -2.09. The topological polar surface area (TPSA) is 48.1 Å². The summed E-state index contributed by atoms with van der Waals surface area (Å²) in [5, 5.41) is 0. The van der Waals surface area contributed by atoms with Gasteiger partial charge in [0.25, 0.3) is 0 Å². The maximum absolute atomic E-state index is 5.86. The molecule has 0 radical (unpaired) electrons. The van der Waals surface area contributed by atoms with Crippen LogP contribution in [0.15, 0.2) is 31.1 Å². The van der Waals surface area contributed by atoms with Crippen molar-refractivity contribution in [3.63, 3.8) is 0 Å². The van der Waals surface area contributed by atoms with E-state index in [0.29, 0.717) is 0 Å². The summed E-state index contributed by atoms with van der Waals surface area (Å²) >= 11 is 0.